The van der Waals surface area contributed by atoms with Crippen LogP contribution in [0.25, 0.3) is 0 Å². The molecule has 0 fully saturated rings. The van der Waals surface area contributed by atoms with Crippen LogP contribution in [0.3, 0.4) is 0 Å². The molecule has 3 aromatic carbocycles. The van der Waals surface area contributed by atoms with Gasteiger partial charge in [0.2, 0.25) is 0 Å². The van der Waals surface area contributed by atoms with Gasteiger partial charge in [0.05, 0.1) is 17.1 Å². The normalized spacial score (nSPS) is 15.4. The Morgan fingerprint density at radius 1 is 1.09 bits per heavy atom. The third kappa shape index (κ3) is 5.37. The molecule has 34 heavy (non-hydrogen) atoms. The molecule has 1 aliphatic heterocycles. The number of nitrogens with one attached hydrogen (secondary N) is 1. The van der Waals surface area contributed by atoms with Gasteiger partial charge in [-0.2, -0.15) is 11.8 Å². The van der Waals surface area contributed by atoms with Crippen LogP contribution in [0.4, 0.5) is 10.1 Å². The SMILES string of the molecule is Cc1ccc(S(=O)(=O)N2C[C@@H](C(=O)NCCSCc3ccccc3F)Oc3ccccc32)cc1. The molecule has 0 unspecified atom stereocenters. The van der Waals surface area contributed by atoms with Gasteiger partial charge in [-0.25, -0.2) is 12.8 Å². The van der Waals surface area contributed by atoms with Gasteiger partial charge in [0.1, 0.15) is 11.6 Å². The molecule has 0 saturated heterocycles. The molecule has 4 rings (SSSR count). The lowest BCUT2D eigenvalue weighted by Gasteiger charge is -2.34. The molecule has 1 amide bonds. The van der Waals surface area contributed by atoms with Gasteiger partial charge in [-0.1, -0.05) is 48.0 Å². The lowest BCUT2D eigenvalue weighted by atomic mass is 10.2. The fourth-order valence-electron chi connectivity index (χ4n) is 3.56. The maximum absolute atomic E-state index is 13.7. The van der Waals surface area contributed by atoms with E-state index in [0.717, 1.165) is 5.56 Å². The molecule has 0 aromatic heterocycles. The second kappa shape index (κ2) is 10.5. The summed E-state index contributed by atoms with van der Waals surface area (Å²) in [6.07, 6.45) is -0.994. The Morgan fingerprint density at radius 2 is 1.79 bits per heavy atom. The first-order valence-corrected chi connectivity index (χ1v) is 13.4. The summed E-state index contributed by atoms with van der Waals surface area (Å²) in [4.78, 5) is 13.0. The number of anilines is 1. The van der Waals surface area contributed by atoms with Gasteiger partial charge in [-0.05, 0) is 42.8 Å². The molecule has 178 valence electrons. The summed E-state index contributed by atoms with van der Waals surface area (Å²) >= 11 is 1.50. The summed E-state index contributed by atoms with van der Waals surface area (Å²) in [5.74, 6) is 0.763. The van der Waals surface area contributed by atoms with Crippen LogP contribution >= 0.6 is 11.8 Å². The van der Waals surface area contributed by atoms with Crippen LogP contribution in [0.1, 0.15) is 11.1 Å². The van der Waals surface area contributed by atoms with E-state index in [2.05, 4.69) is 5.32 Å². The third-order valence-corrected chi connectivity index (χ3v) is 8.20. The van der Waals surface area contributed by atoms with Gasteiger partial charge in [0.15, 0.2) is 6.10 Å². The Balaban J connectivity index is 1.41. The molecule has 0 aliphatic carbocycles. The highest BCUT2D eigenvalue weighted by Crippen LogP contribution is 2.36. The zero-order valence-corrected chi connectivity index (χ0v) is 20.2. The fourth-order valence-corrected chi connectivity index (χ4v) is 5.88. The smallest absolute Gasteiger partial charge is 0.264 e. The van der Waals surface area contributed by atoms with E-state index in [1.165, 1.54) is 22.1 Å². The number of amides is 1. The number of fused-ring (bicyclic) bond motifs is 1. The van der Waals surface area contributed by atoms with Crippen LogP contribution in [-0.4, -0.2) is 39.3 Å². The van der Waals surface area contributed by atoms with Gasteiger partial charge in [0.25, 0.3) is 15.9 Å². The summed E-state index contributed by atoms with van der Waals surface area (Å²) in [5, 5.41) is 2.80. The molecule has 1 aliphatic rings. The second-order valence-corrected chi connectivity index (χ2v) is 10.8. The minimum Gasteiger partial charge on any atom is -0.476 e. The fraction of sp³-hybridized carbons (Fsp3) is 0.240. The van der Waals surface area contributed by atoms with Crippen LogP contribution in [0.15, 0.2) is 77.7 Å². The number of thioether (sulfide) groups is 1. The molecule has 0 bridgehead atoms. The van der Waals surface area contributed by atoms with E-state index in [-0.39, 0.29) is 17.3 Å². The van der Waals surface area contributed by atoms with Gasteiger partial charge in [-0.3, -0.25) is 9.10 Å². The lowest BCUT2D eigenvalue weighted by molar-refractivity contribution is -0.127. The average Bonchev–Trinajstić information content (AvgIpc) is 2.84. The maximum Gasteiger partial charge on any atom is 0.264 e. The number of halogens is 1. The van der Waals surface area contributed by atoms with Crippen LogP contribution < -0.4 is 14.4 Å². The summed E-state index contributed by atoms with van der Waals surface area (Å²) in [7, 11) is -3.89. The quantitative estimate of drug-likeness (QED) is 0.471. The third-order valence-electron chi connectivity index (χ3n) is 5.40. The summed E-state index contributed by atoms with van der Waals surface area (Å²) in [5.41, 5.74) is 1.96. The summed E-state index contributed by atoms with van der Waals surface area (Å²) in [6, 6.07) is 20.0. The van der Waals surface area contributed by atoms with Crippen molar-refractivity contribution in [2.24, 2.45) is 0 Å². The van der Waals surface area contributed by atoms with E-state index < -0.39 is 22.0 Å². The van der Waals surface area contributed by atoms with Crippen LogP contribution in [0, 0.1) is 12.7 Å². The minimum absolute atomic E-state index is 0.137. The van der Waals surface area contributed by atoms with Crippen molar-refractivity contribution < 1.29 is 22.3 Å². The highest BCUT2D eigenvalue weighted by molar-refractivity contribution is 7.98. The van der Waals surface area contributed by atoms with Crippen LogP contribution in [-0.2, 0) is 20.6 Å². The van der Waals surface area contributed by atoms with E-state index in [1.54, 1.807) is 66.7 Å². The summed E-state index contributed by atoms with van der Waals surface area (Å²) in [6.45, 7) is 2.10. The van der Waals surface area contributed by atoms with E-state index >= 15 is 0 Å². The van der Waals surface area contributed by atoms with Crippen LogP contribution in [0.5, 0.6) is 5.75 Å². The number of ether oxygens (including phenoxy) is 1. The molecule has 9 heteroatoms. The Kier molecular flexibility index (Phi) is 7.43. The van der Waals surface area contributed by atoms with Crippen molar-refractivity contribution in [2.75, 3.05) is 23.1 Å². The molecule has 0 radical (unpaired) electrons. The van der Waals surface area contributed by atoms with Crippen molar-refractivity contribution >= 4 is 33.4 Å². The number of hydrogen-bond donors (Lipinski definition) is 1. The minimum atomic E-state index is -3.89. The standard InChI is InChI=1S/C25H25FN2O4S2/c1-18-10-12-20(13-11-18)34(30,31)28-16-24(32-23-9-5-4-8-22(23)28)25(29)27-14-15-33-17-19-6-2-3-7-21(19)26/h2-13,24H,14-17H2,1H3,(H,27,29)/t24-/m0/s1. The molecule has 0 spiro atoms. The monoisotopic (exact) mass is 500 g/mol. The number of benzene rings is 3. The number of para-hydroxylation sites is 2. The average molecular weight is 501 g/mol. The number of carbonyl (C=O) groups excluding carboxylic acids is 1. The summed E-state index contributed by atoms with van der Waals surface area (Å²) < 4.78 is 47.6. The Morgan fingerprint density at radius 3 is 2.56 bits per heavy atom. The van der Waals surface area contributed by atoms with E-state index in [9.17, 15) is 17.6 Å². The van der Waals surface area contributed by atoms with Crippen LogP contribution in [0.2, 0.25) is 0 Å². The van der Waals surface area contributed by atoms with Crippen molar-refractivity contribution in [3.8, 4) is 5.75 Å². The van der Waals surface area contributed by atoms with E-state index in [1.807, 2.05) is 6.92 Å². The number of rotatable bonds is 8. The molecular formula is C25H25FN2O4S2. The Bertz CT molecular complexity index is 1270. The number of carbonyl (C=O) groups is 1. The van der Waals surface area contributed by atoms with Gasteiger partial charge < -0.3 is 10.1 Å². The number of aryl methyl sites for hydroxylation is 1. The number of nitrogens with zero attached hydrogens (tertiary/aromatic N) is 1. The van der Waals surface area contributed by atoms with Crippen molar-refractivity contribution in [3.05, 3.63) is 89.7 Å². The zero-order valence-electron chi connectivity index (χ0n) is 18.6. The van der Waals surface area contributed by atoms with Crippen molar-refractivity contribution in [1.82, 2.24) is 5.32 Å². The highest BCUT2D eigenvalue weighted by atomic mass is 32.2. The molecule has 1 N–H and O–H groups in total. The molecule has 1 atom stereocenters. The molecule has 0 saturated carbocycles. The molecular weight excluding hydrogens is 475 g/mol. The van der Waals surface area contributed by atoms with Crippen molar-refractivity contribution in [2.45, 2.75) is 23.7 Å². The first-order valence-electron chi connectivity index (χ1n) is 10.8. The maximum atomic E-state index is 13.7. The zero-order chi connectivity index (χ0) is 24.1. The van der Waals surface area contributed by atoms with Gasteiger partial charge in [-0.15, -0.1) is 0 Å². The van der Waals surface area contributed by atoms with Crippen molar-refractivity contribution in [3.63, 3.8) is 0 Å². The predicted molar refractivity (Wildman–Crippen MR) is 132 cm³/mol. The number of sulfonamides is 1. The van der Waals surface area contributed by atoms with Gasteiger partial charge in [0, 0.05) is 18.1 Å². The largest absolute Gasteiger partial charge is 0.476 e. The topological polar surface area (TPSA) is 75.7 Å². The van der Waals surface area contributed by atoms with E-state index in [4.69, 9.17) is 4.74 Å². The van der Waals surface area contributed by atoms with E-state index in [0.29, 0.717) is 35.1 Å². The first kappa shape index (κ1) is 24.1. The Hall–Kier alpha value is -3.04. The molecule has 1 heterocycles. The predicted octanol–water partition coefficient (Wildman–Crippen LogP) is 4.14. The molecule has 6 nitrogen and oxygen atoms in total. The first-order chi connectivity index (χ1) is 16.4. The lowest BCUT2D eigenvalue weighted by Crippen LogP contribution is -2.51. The Labute approximate surface area is 203 Å². The highest BCUT2D eigenvalue weighted by Gasteiger charge is 2.37. The second-order valence-electron chi connectivity index (χ2n) is 7.86. The molecule has 3 aromatic rings. The van der Waals surface area contributed by atoms with Gasteiger partial charge >= 0.3 is 0 Å². The number of hydrogen-bond acceptors (Lipinski definition) is 5. The van der Waals surface area contributed by atoms with Crippen molar-refractivity contribution in [1.29, 1.82) is 0 Å².